The average Bonchev–Trinajstić information content (AvgIpc) is 2.32. The Hall–Kier alpha value is -0.0800. The molecule has 1 fully saturated rings. The van der Waals surface area contributed by atoms with Crippen LogP contribution in [0, 0.1) is 5.92 Å². The summed E-state index contributed by atoms with van der Waals surface area (Å²) in [4.78, 5) is 0. The lowest BCUT2D eigenvalue weighted by Crippen LogP contribution is -2.48. The molecule has 1 saturated carbocycles. The molecule has 14 heavy (non-hydrogen) atoms. The molecule has 0 spiro atoms. The molecule has 0 radical (unpaired) electrons. The Morgan fingerprint density at radius 3 is 2.43 bits per heavy atom. The fraction of sp³-hybridized carbons (Fsp3) is 1.00. The maximum absolute atomic E-state index is 5.88. The van der Waals surface area contributed by atoms with Gasteiger partial charge >= 0.3 is 0 Å². The van der Waals surface area contributed by atoms with E-state index in [0.717, 1.165) is 5.92 Å². The number of hydrogen-bond acceptors (Lipinski definition) is 2. The molecule has 2 nitrogen and oxygen atoms in total. The summed E-state index contributed by atoms with van der Waals surface area (Å²) in [5, 5.41) is 3.68. The molecule has 0 heterocycles. The van der Waals surface area contributed by atoms with E-state index in [-0.39, 0.29) is 6.04 Å². The van der Waals surface area contributed by atoms with Crippen LogP contribution >= 0.6 is 0 Å². The van der Waals surface area contributed by atoms with Crippen LogP contribution in [0.5, 0.6) is 0 Å². The summed E-state index contributed by atoms with van der Waals surface area (Å²) in [5.74, 6) is 0.818. The van der Waals surface area contributed by atoms with Crippen LogP contribution < -0.4 is 11.1 Å². The van der Waals surface area contributed by atoms with E-state index in [1.54, 1.807) is 0 Å². The summed E-state index contributed by atoms with van der Waals surface area (Å²) in [6.45, 7) is 6.65. The van der Waals surface area contributed by atoms with Crippen LogP contribution in [0.25, 0.3) is 0 Å². The maximum atomic E-state index is 5.88. The minimum atomic E-state index is 0.255. The van der Waals surface area contributed by atoms with Gasteiger partial charge in [-0.15, -0.1) is 0 Å². The summed E-state index contributed by atoms with van der Waals surface area (Å²) < 4.78 is 0. The van der Waals surface area contributed by atoms with Gasteiger partial charge in [-0.05, 0) is 32.6 Å². The van der Waals surface area contributed by atoms with Crippen molar-refractivity contribution in [3.05, 3.63) is 0 Å². The van der Waals surface area contributed by atoms with Gasteiger partial charge in [-0.25, -0.2) is 0 Å². The first-order valence-corrected chi connectivity index (χ1v) is 6.13. The van der Waals surface area contributed by atoms with Gasteiger partial charge in [0.25, 0.3) is 0 Å². The van der Waals surface area contributed by atoms with Crippen molar-refractivity contribution in [2.24, 2.45) is 11.7 Å². The van der Waals surface area contributed by atoms with Crippen LogP contribution in [0.3, 0.4) is 0 Å². The fourth-order valence-electron chi connectivity index (χ4n) is 2.23. The molecule has 0 aromatic carbocycles. The Morgan fingerprint density at radius 2 is 1.79 bits per heavy atom. The van der Waals surface area contributed by atoms with E-state index in [4.69, 9.17) is 5.73 Å². The SMILES string of the molecule is CC(N)C(C)NC1CCCCCC1C. The van der Waals surface area contributed by atoms with Crippen LogP contribution in [-0.4, -0.2) is 18.1 Å². The normalized spacial score (nSPS) is 33.4. The zero-order valence-electron chi connectivity index (χ0n) is 9.92. The van der Waals surface area contributed by atoms with Gasteiger partial charge in [0, 0.05) is 18.1 Å². The third-order valence-electron chi connectivity index (χ3n) is 3.63. The van der Waals surface area contributed by atoms with Crippen molar-refractivity contribution in [2.45, 2.75) is 71.0 Å². The van der Waals surface area contributed by atoms with Crippen LogP contribution in [0.1, 0.15) is 52.9 Å². The van der Waals surface area contributed by atoms with Crippen molar-refractivity contribution in [1.82, 2.24) is 5.32 Å². The predicted octanol–water partition coefficient (Wildman–Crippen LogP) is 2.28. The van der Waals surface area contributed by atoms with E-state index in [1.807, 2.05) is 0 Å². The molecule has 0 saturated heterocycles. The van der Waals surface area contributed by atoms with Gasteiger partial charge < -0.3 is 11.1 Å². The van der Waals surface area contributed by atoms with Crippen molar-refractivity contribution in [2.75, 3.05) is 0 Å². The van der Waals surface area contributed by atoms with Gasteiger partial charge in [-0.3, -0.25) is 0 Å². The summed E-state index contributed by atoms with van der Waals surface area (Å²) in [7, 11) is 0. The van der Waals surface area contributed by atoms with E-state index >= 15 is 0 Å². The van der Waals surface area contributed by atoms with Gasteiger partial charge in [0.1, 0.15) is 0 Å². The topological polar surface area (TPSA) is 38.0 Å². The minimum absolute atomic E-state index is 0.255. The molecule has 0 amide bonds. The largest absolute Gasteiger partial charge is 0.327 e. The standard InChI is InChI=1S/C12H26N2/c1-9-7-5-4-6-8-12(9)14-11(3)10(2)13/h9-12,14H,4-8,13H2,1-3H3. The van der Waals surface area contributed by atoms with Crippen LogP contribution in [0.15, 0.2) is 0 Å². The molecule has 4 unspecified atom stereocenters. The molecule has 0 aromatic rings. The van der Waals surface area contributed by atoms with Crippen molar-refractivity contribution in [1.29, 1.82) is 0 Å². The summed E-state index contributed by atoms with van der Waals surface area (Å²) >= 11 is 0. The Balaban J connectivity index is 2.40. The summed E-state index contributed by atoms with van der Waals surface area (Å²) in [6.07, 6.45) is 6.91. The zero-order valence-corrected chi connectivity index (χ0v) is 9.92. The molecule has 0 aromatic heterocycles. The molecule has 84 valence electrons. The second-order valence-electron chi connectivity index (χ2n) is 5.04. The predicted molar refractivity (Wildman–Crippen MR) is 62.3 cm³/mol. The first-order valence-electron chi connectivity index (χ1n) is 6.13. The van der Waals surface area contributed by atoms with Crippen molar-refractivity contribution >= 4 is 0 Å². The first-order chi connectivity index (χ1) is 6.61. The molecular formula is C12H26N2. The molecular weight excluding hydrogens is 172 g/mol. The van der Waals surface area contributed by atoms with Gasteiger partial charge in [0.2, 0.25) is 0 Å². The summed E-state index contributed by atoms with van der Waals surface area (Å²) in [6, 6.07) is 1.39. The first kappa shape index (κ1) is 12.0. The van der Waals surface area contributed by atoms with Crippen LogP contribution in [0.4, 0.5) is 0 Å². The number of rotatable bonds is 3. The molecule has 1 aliphatic carbocycles. The lowest BCUT2D eigenvalue weighted by Gasteiger charge is -2.28. The van der Waals surface area contributed by atoms with Crippen LogP contribution in [0.2, 0.25) is 0 Å². The van der Waals surface area contributed by atoms with Gasteiger partial charge in [-0.1, -0.05) is 26.2 Å². The van der Waals surface area contributed by atoms with Gasteiger partial charge in [0.15, 0.2) is 0 Å². The van der Waals surface area contributed by atoms with Crippen molar-refractivity contribution in [3.8, 4) is 0 Å². The molecule has 1 rings (SSSR count). The maximum Gasteiger partial charge on any atom is 0.0190 e. The highest BCUT2D eigenvalue weighted by atomic mass is 15.0. The second-order valence-corrected chi connectivity index (χ2v) is 5.04. The molecule has 0 bridgehead atoms. The van der Waals surface area contributed by atoms with Crippen molar-refractivity contribution in [3.63, 3.8) is 0 Å². The molecule has 1 aliphatic rings. The smallest absolute Gasteiger partial charge is 0.0190 e. The Morgan fingerprint density at radius 1 is 1.14 bits per heavy atom. The van der Waals surface area contributed by atoms with Crippen molar-refractivity contribution < 1.29 is 0 Å². The highest BCUT2D eigenvalue weighted by Crippen LogP contribution is 2.23. The zero-order chi connectivity index (χ0) is 10.6. The van der Waals surface area contributed by atoms with E-state index < -0.39 is 0 Å². The van der Waals surface area contributed by atoms with Crippen LogP contribution in [-0.2, 0) is 0 Å². The van der Waals surface area contributed by atoms with E-state index in [1.165, 1.54) is 32.1 Å². The minimum Gasteiger partial charge on any atom is -0.327 e. The monoisotopic (exact) mass is 198 g/mol. The highest BCUT2D eigenvalue weighted by Gasteiger charge is 2.21. The lowest BCUT2D eigenvalue weighted by atomic mass is 9.95. The Kier molecular flexibility index (Phi) is 4.90. The third-order valence-corrected chi connectivity index (χ3v) is 3.63. The number of hydrogen-bond donors (Lipinski definition) is 2. The molecule has 3 N–H and O–H groups in total. The highest BCUT2D eigenvalue weighted by molar-refractivity contribution is 4.81. The molecule has 0 aliphatic heterocycles. The Labute approximate surface area is 88.6 Å². The van der Waals surface area contributed by atoms with E-state index in [9.17, 15) is 0 Å². The second kappa shape index (κ2) is 5.72. The van der Waals surface area contributed by atoms with E-state index in [2.05, 4.69) is 26.1 Å². The molecule has 4 atom stereocenters. The van der Waals surface area contributed by atoms with Gasteiger partial charge in [-0.2, -0.15) is 0 Å². The number of nitrogens with two attached hydrogens (primary N) is 1. The van der Waals surface area contributed by atoms with E-state index in [0.29, 0.717) is 12.1 Å². The number of nitrogens with one attached hydrogen (secondary N) is 1. The van der Waals surface area contributed by atoms with Gasteiger partial charge in [0.05, 0.1) is 0 Å². The quantitative estimate of drug-likeness (QED) is 0.683. The molecule has 2 heteroatoms. The lowest BCUT2D eigenvalue weighted by molar-refractivity contribution is 0.312. The average molecular weight is 198 g/mol. The fourth-order valence-corrected chi connectivity index (χ4v) is 2.23. The Bertz CT molecular complexity index is 156. The summed E-state index contributed by atoms with van der Waals surface area (Å²) in [5.41, 5.74) is 5.88. The third kappa shape index (κ3) is 3.58.